The van der Waals surface area contributed by atoms with Crippen LogP contribution in [-0.2, 0) is 24.4 Å². The molecule has 0 atom stereocenters. The number of rotatable bonds is 16. The number of carbonyl (C=O) groups is 2. The number of benzene rings is 4. The third-order valence-electron chi connectivity index (χ3n) is 7.25. The molecule has 0 aliphatic rings. The predicted octanol–water partition coefficient (Wildman–Crippen LogP) is 7.59. The van der Waals surface area contributed by atoms with Gasteiger partial charge in [-0.05, 0) is 84.5 Å². The van der Waals surface area contributed by atoms with E-state index in [2.05, 4.69) is 4.90 Å². The van der Waals surface area contributed by atoms with Gasteiger partial charge in [0, 0.05) is 30.1 Å². The number of halogens is 1. The highest BCUT2D eigenvalue weighted by Gasteiger charge is 2.12. The molecule has 0 unspecified atom stereocenters. The maximum absolute atomic E-state index is 11.2. The minimum Gasteiger partial charge on any atom is -0.497 e. The number of nitrogens with zero attached hydrogens (tertiary/aromatic N) is 1. The number of aliphatic carboxylic acids is 1. The number of carboxylic acids is 2. The molecule has 224 valence electrons. The number of unbranched alkanes of at least 4 members (excludes halogenated alkanes) is 1. The van der Waals surface area contributed by atoms with Gasteiger partial charge in [-0.15, -0.1) is 0 Å². The smallest absolute Gasteiger partial charge is 0.335 e. The summed E-state index contributed by atoms with van der Waals surface area (Å²) in [5.41, 5.74) is 5.26. The second-order valence-electron chi connectivity index (χ2n) is 10.3. The van der Waals surface area contributed by atoms with E-state index in [1.165, 1.54) is 0 Å². The molecule has 0 saturated carbocycles. The lowest BCUT2D eigenvalue weighted by Gasteiger charge is -2.23. The van der Waals surface area contributed by atoms with Gasteiger partial charge < -0.3 is 19.7 Å². The average molecular weight is 602 g/mol. The van der Waals surface area contributed by atoms with Crippen molar-refractivity contribution in [1.29, 1.82) is 0 Å². The summed E-state index contributed by atoms with van der Waals surface area (Å²) in [7, 11) is 1.64. The molecule has 0 bridgehead atoms. The normalized spacial score (nSPS) is 11.0. The van der Waals surface area contributed by atoms with E-state index in [0.717, 1.165) is 65.2 Å². The van der Waals surface area contributed by atoms with Crippen molar-refractivity contribution < 1.29 is 29.3 Å². The zero-order valence-corrected chi connectivity index (χ0v) is 24.9. The van der Waals surface area contributed by atoms with E-state index in [-0.39, 0.29) is 12.0 Å². The van der Waals surface area contributed by atoms with Gasteiger partial charge in [0.25, 0.3) is 0 Å². The fourth-order valence-corrected chi connectivity index (χ4v) is 5.04. The van der Waals surface area contributed by atoms with Crippen molar-refractivity contribution in [2.75, 3.05) is 20.2 Å². The lowest BCUT2D eigenvalue weighted by molar-refractivity contribution is -0.137. The molecule has 0 fully saturated rings. The van der Waals surface area contributed by atoms with Gasteiger partial charge in [0.1, 0.15) is 18.1 Å². The highest BCUT2D eigenvalue weighted by molar-refractivity contribution is 6.31. The Hall–Kier alpha value is -4.33. The Labute approximate surface area is 257 Å². The SMILES string of the molecule is COc1ccc(-c2ccc(COc3ccccc3CCN(CCCCC(=O)O)Cc3ccc(C(=O)O)cc3)c(Cl)c2)cc1. The Bertz CT molecular complexity index is 1500. The van der Waals surface area contributed by atoms with Crippen LogP contribution in [0.5, 0.6) is 11.5 Å². The Morgan fingerprint density at radius 2 is 1.53 bits per heavy atom. The van der Waals surface area contributed by atoms with Crippen molar-refractivity contribution in [3.63, 3.8) is 0 Å². The van der Waals surface area contributed by atoms with Gasteiger partial charge in [0.05, 0.1) is 12.7 Å². The molecule has 0 radical (unpaired) electrons. The molecule has 4 aromatic carbocycles. The first-order chi connectivity index (χ1) is 20.8. The second kappa shape index (κ2) is 15.8. The number of aromatic carboxylic acids is 1. The topological polar surface area (TPSA) is 96.3 Å². The van der Waals surface area contributed by atoms with E-state index in [1.807, 2.05) is 78.9 Å². The number of hydrogen-bond donors (Lipinski definition) is 2. The van der Waals surface area contributed by atoms with Crippen LogP contribution in [0.1, 0.15) is 46.3 Å². The minimum absolute atomic E-state index is 0.140. The molecule has 0 heterocycles. The summed E-state index contributed by atoms with van der Waals surface area (Å²) in [5.74, 6) is -0.163. The van der Waals surface area contributed by atoms with Crippen LogP contribution in [0.3, 0.4) is 0 Å². The molecule has 0 saturated heterocycles. The Balaban J connectivity index is 1.40. The van der Waals surface area contributed by atoms with Crippen molar-refractivity contribution in [2.24, 2.45) is 0 Å². The zero-order chi connectivity index (χ0) is 30.6. The van der Waals surface area contributed by atoms with Crippen molar-refractivity contribution in [2.45, 2.75) is 38.8 Å². The summed E-state index contributed by atoms with van der Waals surface area (Å²) in [6, 6.07) is 28.6. The van der Waals surface area contributed by atoms with Gasteiger partial charge in [-0.2, -0.15) is 0 Å². The third-order valence-corrected chi connectivity index (χ3v) is 7.60. The molecule has 0 aromatic heterocycles. The quantitative estimate of drug-likeness (QED) is 0.128. The molecule has 0 aliphatic carbocycles. The van der Waals surface area contributed by atoms with E-state index in [1.54, 1.807) is 19.2 Å². The van der Waals surface area contributed by atoms with Crippen molar-refractivity contribution >= 4 is 23.5 Å². The molecule has 0 spiro atoms. The minimum atomic E-state index is -0.955. The number of carboxylic acid groups (broad SMARTS) is 2. The Morgan fingerprint density at radius 3 is 2.21 bits per heavy atom. The van der Waals surface area contributed by atoms with Crippen LogP contribution in [0.2, 0.25) is 5.02 Å². The van der Waals surface area contributed by atoms with E-state index < -0.39 is 11.9 Å². The van der Waals surface area contributed by atoms with Crippen LogP contribution in [0, 0.1) is 0 Å². The predicted molar refractivity (Wildman–Crippen MR) is 168 cm³/mol. The molecule has 0 aliphatic heterocycles. The molecular weight excluding hydrogens is 566 g/mol. The molecule has 4 aromatic rings. The monoisotopic (exact) mass is 601 g/mol. The van der Waals surface area contributed by atoms with E-state index in [0.29, 0.717) is 24.6 Å². The lowest BCUT2D eigenvalue weighted by atomic mass is 10.0. The van der Waals surface area contributed by atoms with E-state index in [9.17, 15) is 14.7 Å². The number of para-hydroxylation sites is 1. The summed E-state index contributed by atoms with van der Waals surface area (Å²) in [5, 5.41) is 18.9. The molecule has 4 rings (SSSR count). The number of ether oxygens (including phenoxy) is 2. The van der Waals surface area contributed by atoms with Gasteiger partial charge >= 0.3 is 11.9 Å². The van der Waals surface area contributed by atoms with Gasteiger partial charge in [0.15, 0.2) is 0 Å². The fourth-order valence-electron chi connectivity index (χ4n) is 4.81. The van der Waals surface area contributed by atoms with Crippen molar-refractivity contribution in [3.05, 3.63) is 118 Å². The molecular formula is C35H36ClNO6. The average Bonchev–Trinajstić information content (AvgIpc) is 3.01. The zero-order valence-electron chi connectivity index (χ0n) is 24.2. The van der Waals surface area contributed by atoms with Crippen molar-refractivity contribution in [1.82, 2.24) is 4.90 Å². The van der Waals surface area contributed by atoms with Gasteiger partial charge in [-0.1, -0.05) is 66.2 Å². The summed E-state index contributed by atoms with van der Waals surface area (Å²) in [6.07, 6.45) is 2.22. The molecule has 43 heavy (non-hydrogen) atoms. The van der Waals surface area contributed by atoms with Gasteiger partial charge in [-0.25, -0.2) is 4.79 Å². The van der Waals surface area contributed by atoms with Crippen LogP contribution in [-0.4, -0.2) is 47.3 Å². The van der Waals surface area contributed by atoms with Gasteiger partial charge in [-0.3, -0.25) is 9.69 Å². The first-order valence-electron chi connectivity index (χ1n) is 14.2. The second-order valence-corrected chi connectivity index (χ2v) is 10.7. The van der Waals surface area contributed by atoms with Crippen molar-refractivity contribution in [3.8, 4) is 22.6 Å². The summed E-state index contributed by atoms with van der Waals surface area (Å²) < 4.78 is 11.5. The van der Waals surface area contributed by atoms with E-state index >= 15 is 0 Å². The largest absolute Gasteiger partial charge is 0.497 e. The molecule has 2 N–H and O–H groups in total. The third kappa shape index (κ3) is 9.60. The first kappa shape index (κ1) is 31.6. The Morgan fingerprint density at radius 1 is 0.814 bits per heavy atom. The molecule has 7 nitrogen and oxygen atoms in total. The van der Waals surface area contributed by atoms with Crippen LogP contribution >= 0.6 is 11.6 Å². The van der Waals surface area contributed by atoms with E-state index in [4.69, 9.17) is 26.2 Å². The van der Waals surface area contributed by atoms with Gasteiger partial charge in [0.2, 0.25) is 0 Å². The summed E-state index contributed by atoms with van der Waals surface area (Å²) >= 11 is 6.65. The number of methoxy groups -OCH3 is 1. The van der Waals surface area contributed by atoms with Crippen LogP contribution in [0.15, 0.2) is 91.0 Å². The summed E-state index contributed by atoms with van der Waals surface area (Å²) in [6.45, 7) is 2.41. The highest BCUT2D eigenvalue weighted by atomic mass is 35.5. The van der Waals surface area contributed by atoms with Crippen LogP contribution in [0.4, 0.5) is 0 Å². The fraction of sp³-hybridized carbons (Fsp3) is 0.257. The van der Waals surface area contributed by atoms with Crippen LogP contribution < -0.4 is 9.47 Å². The molecule has 8 heteroatoms. The molecule has 0 amide bonds. The number of hydrogen-bond acceptors (Lipinski definition) is 5. The lowest BCUT2D eigenvalue weighted by Crippen LogP contribution is -2.27. The standard InChI is InChI=1S/C35H36ClNO6/c1-42-31-17-15-26(16-18-31)29-13-14-30(32(36)22-29)24-43-33-7-3-2-6-27(33)19-21-37(20-5-4-8-34(38)39)23-25-9-11-28(12-10-25)35(40)41/h2-3,6-7,9-18,22H,4-5,8,19-21,23-24H2,1H3,(H,38,39)(H,40,41). The first-order valence-corrected chi connectivity index (χ1v) is 14.6. The summed E-state index contributed by atoms with van der Waals surface area (Å²) in [4.78, 5) is 24.5. The highest BCUT2D eigenvalue weighted by Crippen LogP contribution is 2.29. The Kier molecular flexibility index (Phi) is 11.6. The van der Waals surface area contributed by atoms with Crippen LogP contribution in [0.25, 0.3) is 11.1 Å². The maximum Gasteiger partial charge on any atom is 0.335 e. The maximum atomic E-state index is 11.2.